The van der Waals surface area contributed by atoms with Crippen LogP contribution in [0.1, 0.15) is 23.7 Å². The molecule has 5 nitrogen and oxygen atoms in total. The molecule has 0 heterocycles. The second-order valence-corrected chi connectivity index (χ2v) is 5.60. The minimum atomic E-state index is -4.21. The van der Waals surface area contributed by atoms with E-state index in [0.717, 1.165) is 6.07 Å². The van der Waals surface area contributed by atoms with Crippen molar-refractivity contribution in [3.63, 3.8) is 0 Å². The molecule has 0 aromatic heterocycles. The number of benzene rings is 1. The first-order valence-corrected chi connectivity index (χ1v) is 7.00. The van der Waals surface area contributed by atoms with E-state index in [-0.39, 0.29) is 0 Å². The van der Waals surface area contributed by atoms with Crippen LogP contribution in [-0.2, 0) is 10.0 Å². The number of amides is 1. The lowest BCUT2D eigenvalue weighted by molar-refractivity contribution is 0.0789. The highest BCUT2D eigenvalue weighted by Crippen LogP contribution is 2.19. The summed E-state index contributed by atoms with van der Waals surface area (Å²) in [5.74, 6) is -3.62. The van der Waals surface area contributed by atoms with Crippen LogP contribution in [-0.4, -0.2) is 32.8 Å². The van der Waals surface area contributed by atoms with Crippen LogP contribution >= 0.6 is 0 Å². The van der Waals surface area contributed by atoms with E-state index in [4.69, 9.17) is 5.14 Å². The minimum Gasteiger partial charge on any atom is -0.342 e. The summed E-state index contributed by atoms with van der Waals surface area (Å²) in [5.41, 5.74) is -0.653. The Morgan fingerprint density at radius 3 is 2.42 bits per heavy atom. The van der Waals surface area contributed by atoms with Gasteiger partial charge in [0.25, 0.3) is 5.91 Å². The molecule has 1 rings (SSSR count). The Hall–Kier alpha value is -1.54. The zero-order valence-electron chi connectivity index (χ0n) is 10.5. The number of carbonyl (C=O) groups is 1. The Balaban J connectivity index is 3.35. The van der Waals surface area contributed by atoms with Gasteiger partial charge in [0.1, 0.15) is 0 Å². The van der Waals surface area contributed by atoms with Gasteiger partial charge >= 0.3 is 0 Å². The highest BCUT2D eigenvalue weighted by atomic mass is 32.2. The number of hydrogen-bond acceptors (Lipinski definition) is 3. The third-order valence-electron chi connectivity index (χ3n) is 2.47. The molecule has 0 radical (unpaired) electrons. The third-order valence-corrected chi connectivity index (χ3v) is 3.36. The van der Waals surface area contributed by atoms with E-state index in [1.165, 1.54) is 11.9 Å². The maximum absolute atomic E-state index is 13.6. The highest BCUT2D eigenvalue weighted by Gasteiger charge is 2.23. The van der Waals surface area contributed by atoms with Crippen LogP contribution in [0.3, 0.4) is 0 Å². The van der Waals surface area contributed by atoms with Crippen LogP contribution in [0.2, 0.25) is 0 Å². The van der Waals surface area contributed by atoms with Gasteiger partial charge in [-0.15, -0.1) is 0 Å². The van der Waals surface area contributed by atoms with Crippen molar-refractivity contribution in [2.75, 3.05) is 13.6 Å². The number of primary sulfonamides is 1. The van der Waals surface area contributed by atoms with E-state index in [1.807, 2.05) is 6.92 Å². The fraction of sp³-hybridized carbons (Fsp3) is 0.364. The predicted molar refractivity (Wildman–Crippen MR) is 65.0 cm³/mol. The predicted octanol–water partition coefficient (Wildman–Crippen LogP) is 1.09. The fourth-order valence-electron chi connectivity index (χ4n) is 1.53. The Kier molecular flexibility index (Phi) is 4.59. The Labute approximate surface area is 110 Å². The summed E-state index contributed by atoms with van der Waals surface area (Å²) in [6, 6.07) is 1.18. The first-order chi connectivity index (χ1) is 8.68. The van der Waals surface area contributed by atoms with E-state index in [1.54, 1.807) is 0 Å². The molecule has 0 aliphatic carbocycles. The van der Waals surface area contributed by atoms with E-state index >= 15 is 0 Å². The molecule has 106 valence electrons. The molecule has 0 aliphatic heterocycles. The molecule has 1 aromatic carbocycles. The maximum Gasteiger partial charge on any atom is 0.256 e. The molecule has 19 heavy (non-hydrogen) atoms. The summed E-state index contributed by atoms with van der Waals surface area (Å²) in [6.07, 6.45) is 0.626. The van der Waals surface area contributed by atoms with Gasteiger partial charge in [0.05, 0.1) is 10.5 Å². The minimum absolute atomic E-state index is 0.333. The maximum atomic E-state index is 13.6. The summed E-state index contributed by atoms with van der Waals surface area (Å²) < 4.78 is 49.1. The summed E-state index contributed by atoms with van der Waals surface area (Å²) in [5, 5.41) is 4.84. The molecular formula is C11H14F2N2O3S. The zero-order chi connectivity index (χ0) is 14.8. The van der Waals surface area contributed by atoms with Crippen LogP contribution in [0, 0.1) is 11.6 Å². The summed E-state index contributed by atoms with van der Waals surface area (Å²) in [7, 11) is -2.80. The highest BCUT2D eigenvalue weighted by molar-refractivity contribution is 7.89. The van der Waals surface area contributed by atoms with Gasteiger partial charge in [0.15, 0.2) is 11.6 Å². The van der Waals surface area contributed by atoms with E-state index < -0.39 is 38.0 Å². The Morgan fingerprint density at radius 1 is 1.37 bits per heavy atom. The summed E-state index contributed by atoms with van der Waals surface area (Å²) >= 11 is 0. The van der Waals surface area contributed by atoms with Gasteiger partial charge in [0, 0.05) is 13.6 Å². The van der Waals surface area contributed by atoms with Crippen molar-refractivity contribution in [2.24, 2.45) is 5.14 Å². The monoisotopic (exact) mass is 292 g/mol. The second kappa shape index (κ2) is 5.62. The lowest BCUT2D eigenvalue weighted by atomic mass is 10.1. The van der Waals surface area contributed by atoms with E-state index in [0.29, 0.717) is 19.0 Å². The van der Waals surface area contributed by atoms with Crippen LogP contribution in [0.15, 0.2) is 17.0 Å². The molecule has 0 saturated carbocycles. The Morgan fingerprint density at radius 2 is 1.95 bits per heavy atom. The molecule has 0 spiro atoms. The molecule has 0 atom stereocenters. The lowest BCUT2D eigenvalue weighted by Gasteiger charge is -2.17. The largest absolute Gasteiger partial charge is 0.342 e. The van der Waals surface area contributed by atoms with Gasteiger partial charge in [-0.25, -0.2) is 22.3 Å². The lowest BCUT2D eigenvalue weighted by Crippen LogP contribution is -2.29. The van der Waals surface area contributed by atoms with E-state index in [2.05, 4.69) is 0 Å². The summed E-state index contributed by atoms with van der Waals surface area (Å²) in [4.78, 5) is 12.4. The standard InChI is InChI=1S/C11H14F2N2O3S/c1-3-4-15(2)11(16)8-5-7(19(14,17)18)6-9(12)10(8)13/h5-6H,3-4H2,1-2H3,(H2,14,17,18). The molecular weight excluding hydrogens is 278 g/mol. The van der Waals surface area contributed by atoms with Crippen LogP contribution in [0.4, 0.5) is 8.78 Å². The number of rotatable bonds is 4. The number of nitrogens with zero attached hydrogens (tertiary/aromatic N) is 1. The third kappa shape index (κ3) is 3.48. The van der Waals surface area contributed by atoms with Crippen molar-refractivity contribution in [2.45, 2.75) is 18.2 Å². The average Bonchev–Trinajstić information content (AvgIpc) is 2.30. The summed E-state index contributed by atoms with van der Waals surface area (Å²) in [6.45, 7) is 2.14. The molecule has 0 unspecified atom stereocenters. The number of sulfonamides is 1. The van der Waals surface area contributed by atoms with Crippen LogP contribution in [0.5, 0.6) is 0 Å². The van der Waals surface area contributed by atoms with Crippen molar-refractivity contribution in [3.05, 3.63) is 29.3 Å². The molecule has 8 heteroatoms. The topological polar surface area (TPSA) is 80.5 Å². The quantitative estimate of drug-likeness (QED) is 0.902. The van der Waals surface area contributed by atoms with Crippen LogP contribution in [0.25, 0.3) is 0 Å². The normalized spacial score (nSPS) is 11.4. The molecule has 0 saturated heterocycles. The smallest absolute Gasteiger partial charge is 0.256 e. The first kappa shape index (κ1) is 15.5. The molecule has 2 N–H and O–H groups in total. The van der Waals surface area contributed by atoms with Crippen molar-refractivity contribution in [1.82, 2.24) is 4.90 Å². The number of nitrogens with two attached hydrogens (primary N) is 1. The van der Waals surface area contributed by atoms with Gasteiger partial charge in [-0.1, -0.05) is 6.92 Å². The first-order valence-electron chi connectivity index (χ1n) is 5.45. The van der Waals surface area contributed by atoms with Crippen molar-refractivity contribution in [3.8, 4) is 0 Å². The van der Waals surface area contributed by atoms with E-state index in [9.17, 15) is 22.0 Å². The van der Waals surface area contributed by atoms with Gasteiger partial charge in [-0.3, -0.25) is 4.79 Å². The van der Waals surface area contributed by atoms with Gasteiger partial charge in [-0.2, -0.15) is 0 Å². The molecule has 1 aromatic rings. The fourth-order valence-corrected chi connectivity index (χ4v) is 2.08. The van der Waals surface area contributed by atoms with Crippen LogP contribution < -0.4 is 5.14 Å². The second-order valence-electron chi connectivity index (χ2n) is 4.04. The van der Waals surface area contributed by atoms with Crippen molar-refractivity contribution < 1.29 is 22.0 Å². The van der Waals surface area contributed by atoms with Gasteiger partial charge in [0.2, 0.25) is 10.0 Å². The molecule has 1 amide bonds. The number of halogens is 2. The zero-order valence-corrected chi connectivity index (χ0v) is 11.3. The average molecular weight is 292 g/mol. The molecule has 0 fully saturated rings. The Bertz CT molecular complexity index is 602. The number of hydrogen-bond donors (Lipinski definition) is 1. The van der Waals surface area contributed by atoms with Gasteiger partial charge in [-0.05, 0) is 18.6 Å². The van der Waals surface area contributed by atoms with Crippen molar-refractivity contribution >= 4 is 15.9 Å². The molecule has 0 aliphatic rings. The molecule has 0 bridgehead atoms. The van der Waals surface area contributed by atoms with Gasteiger partial charge < -0.3 is 4.90 Å². The number of carbonyl (C=O) groups excluding carboxylic acids is 1. The van der Waals surface area contributed by atoms with Crippen molar-refractivity contribution in [1.29, 1.82) is 0 Å². The SMILES string of the molecule is CCCN(C)C(=O)c1cc(S(N)(=O)=O)cc(F)c1F.